The van der Waals surface area contributed by atoms with E-state index in [1.165, 1.54) is 13.8 Å². The lowest BCUT2D eigenvalue weighted by Gasteiger charge is -2.29. The highest BCUT2D eigenvalue weighted by Gasteiger charge is 2.58. The first-order chi connectivity index (χ1) is 8.24. The zero-order valence-corrected chi connectivity index (χ0v) is 10.2. The first-order valence-electron chi connectivity index (χ1n) is 5.53. The number of alkyl halides is 3. The summed E-state index contributed by atoms with van der Waals surface area (Å²) in [6, 6.07) is 0. The molecule has 0 aromatic carbocycles. The van der Waals surface area contributed by atoms with Crippen molar-refractivity contribution in [3.63, 3.8) is 0 Å². The lowest BCUT2D eigenvalue weighted by atomic mass is 10.1. The molecule has 3 atom stereocenters. The fourth-order valence-electron chi connectivity index (χ4n) is 1.92. The molecule has 0 radical (unpaired) electrons. The van der Waals surface area contributed by atoms with Crippen molar-refractivity contribution >= 4 is 5.71 Å². The third kappa shape index (κ3) is 2.45. The SMILES string of the molecule is CCO[C@H]1ON=C(C(F)(F)F)[C@@H]2OC(C)(C)O[C@H]12. The van der Waals surface area contributed by atoms with E-state index in [-0.39, 0.29) is 6.61 Å². The highest BCUT2D eigenvalue weighted by molar-refractivity contribution is 5.94. The van der Waals surface area contributed by atoms with E-state index in [1.54, 1.807) is 6.92 Å². The van der Waals surface area contributed by atoms with E-state index in [1.807, 2.05) is 0 Å². The zero-order chi connectivity index (χ0) is 13.6. The van der Waals surface area contributed by atoms with Gasteiger partial charge in [-0.2, -0.15) is 13.2 Å². The Balaban J connectivity index is 2.27. The van der Waals surface area contributed by atoms with Crippen LogP contribution in [0.2, 0.25) is 0 Å². The number of hydrogen-bond donors (Lipinski definition) is 0. The summed E-state index contributed by atoms with van der Waals surface area (Å²) < 4.78 is 54.0. The normalized spacial score (nSPS) is 34.8. The second-order valence-corrected chi connectivity index (χ2v) is 4.42. The smallest absolute Gasteiger partial charge is 0.360 e. The van der Waals surface area contributed by atoms with E-state index < -0.39 is 36.2 Å². The molecule has 0 aromatic rings. The summed E-state index contributed by atoms with van der Waals surface area (Å²) in [6.45, 7) is 5.03. The summed E-state index contributed by atoms with van der Waals surface area (Å²) in [5, 5.41) is 3.07. The summed E-state index contributed by atoms with van der Waals surface area (Å²) in [5.74, 6) is -1.13. The van der Waals surface area contributed by atoms with E-state index in [9.17, 15) is 13.2 Å². The summed E-state index contributed by atoms with van der Waals surface area (Å²) in [6.07, 6.45) is -7.92. The van der Waals surface area contributed by atoms with Gasteiger partial charge in [-0.05, 0) is 20.8 Å². The van der Waals surface area contributed by atoms with Gasteiger partial charge in [-0.3, -0.25) is 0 Å². The van der Waals surface area contributed by atoms with Crippen LogP contribution in [-0.4, -0.2) is 42.8 Å². The van der Waals surface area contributed by atoms with Crippen LogP contribution in [0.25, 0.3) is 0 Å². The number of rotatable bonds is 2. The third-order valence-electron chi connectivity index (χ3n) is 2.54. The molecule has 2 heterocycles. The second kappa shape index (κ2) is 4.36. The van der Waals surface area contributed by atoms with Crippen LogP contribution in [0.5, 0.6) is 0 Å². The molecule has 5 nitrogen and oxygen atoms in total. The van der Waals surface area contributed by atoms with Crippen LogP contribution < -0.4 is 0 Å². The predicted molar refractivity (Wildman–Crippen MR) is 53.8 cm³/mol. The van der Waals surface area contributed by atoms with Gasteiger partial charge >= 0.3 is 6.18 Å². The zero-order valence-electron chi connectivity index (χ0n) is 10.2. The summed E-state index contributed by atoms with van der Waals surface area (Å²) in [5.41, 5.74) is -1.13. The Morgan fingerprint density at radius 2 is 2.00 bits per heavy atom. The molecule has 8 heteroatoms. The van der Waals surface area contributed by atoms with E-state index in [0.717, 1.165) is 0 Å². The average Bonchev–Trinajstić information content (AvgIpc) is 2.52. The Kier molecular flexibility index (Phi) is 3.28. The second-order valence-electron chi connectivity index (χ2n) is 4.42. The van der Waals surface area contributed by atoms with Crippen LogP contribution in [0, 0.1) is 0 Å². The Labute approximate surface area is 102 Å². The minimum Gasteiger partial charge on any atom is -0.360 e. The van der Waals surface area contributed by atoms with Gasteiger partial charge in [0.2, 0.25) is 0 Å². The van der Waals surface area contributed by atoms with E-state index in [2.05, 4.69) is 5.16 Å². The number of hydrogen-bond acceptors (Lipinski definition) is 5. The van der Waals surface area contributed by atoms with Crippen LogP contribution in [0.1, 0.15) is 20.8 Å². The molecule has 104 valence electrons. The Morgan fingerprint density at radius 1 is 1.33 bits per heavy atom. The van der Waals surface area contributed by atoms with Gasteiger partial charge in [0.05, 0.1) is 0 Å². The number of nitrogens with zero attached hydrogens (tertiary/aromatic N) is 1. The maximum absolute atomic E-state index is 12.8. The fraction of sp³-hybridized carbons (Fsp3) is 0.900. The minimum atomic E-state index is -4.62. The molecular weight excluding hydrogens is 255 g/mol. The van der Waals surface area contributed by atoms with Crippen LogP contribution in [0.4, 0.5) is 13.2 Å². The van der Waals surface area contributed by atoms with Crippen molar-refractivity contribution < 1.29 is 32.2 Å². The summed E-state index contributed by atoms with van der Waals surface area (Å²) in [4.78, 5) is 4.71. The standard InChI is InChI=1S/C10H14F3NO4/c1-4-15-8-6-5(16-9(2,3)17-6)7(14-18-8)10(11,12)13/h5-6,8H,4H2,1-3H3/t5-,6+,8+/m1/s1. The molecule has 2 rings (SSSR count). The number of ether oxygens (including phenoxy) is 3. The molecule has 0 saturated carbocycles. The van der Waals surface area contributed by atoms with Gasteiger partial charge < -0.3 is 19.0 Å². The first kappa shape index (κ1) is 13.6. The van der Waals surface area contributed by atoms with Gasteiger partial charge in [-0.15, -0.1) is 0 Å². The molecule has 18 heavy (non-hydrogen) atoms. The molecule has 0 unspecified atom stereocenters. The molecule has 0 amide bonds. The van der Waals surface area contributed by atoms with Gasteiger partial charge in [0.25, 0.3) is 6.29 Å². The highest BCUT2D eigenvalue weighted by Crippen LogP contribution is 2.38. The number of oxime groups is 1. The quantitative estimate of drug-likeness (QED) is 0.767. The van der Waals surface area contributed by atoms with E-state index >= 15 is 0 Å². The van der Waals surface area contributed by atoms with Crippen molar-refractivity contribution in [3.05, 3.63) is 0 Å². The molecule has 0 bridgehead atoms. The van der Waals surface area contributed by atoms with Crippen LogP contribution >= 0.6 is 0 Å². The molecule has 0 aliphatic carbocycles. The minimum absolute atomic E-state index is 0.272. The van der Waals surface area contributed by atoms with Gasteiger partial charge in [0, 0.05) is 6.61 Å². The van der Waals surface area contributed by atoms with Crippen molar-refractivity contribution in [2.75, 3.05) is 6.61 Å². The van der Waals surface area contributed by atoms with E-state index in [0.29, 0.717) is 0 Å². The van der Waals surface area contributed by atoms with Crippen molar-refractivity contribution in [2.45, 2.75) is 51.2 Å². The first-order valence-corrected chi connectivity index (χ1v) is 5.53. The fourth-order valence-corrected chi connectivity index (χ4v) is 1.92. The molecule has 1 fully saturated rings. The monoisotopic (exact) mass is 269 g/mol. The molecule has 2 aliphatic rings. The summed E-state index contributed by atoms with van der Waals surface area (Å²) in [7, 11) is 0. The Hall–Kier alpha value is -0.860. The highest BCUT2D eigenvalue weighted by atomic mass is 19.4. The van der Waals surface area contributed by atoms with Gasteiger partial charge in [0.1, 0.15) is 6.10 Å². The molecule has 0 N–H and O–H groups in total. The lowest BCUT2D eigenvalue weighted by Crippen LogP contribution is -2.50. The Bertz CT molecular complexity index is 356. The van der Waals surface area contributed by atoms with Crippen LogP contribution in [-0.2, 0) is 19.0 Å². The molecule has 0 spiro atoms. The third-order valence-corrected chi connectivity index (χ3v) is 2.54. The maximum atomic E-state index is 12.8. The largest absolute Gasteiger partial charge is 0.435 e. The predicted octanol–water partition coefficient (Wildman–Crippen LogP) is 1.82. The van der Waals surface area contributed by atoms with Crippen LogP contribution in [0.3, 0.4) is 0 Å². The Morgan fingerprint density at radius 3 is 2.56 bits per heavy atom. The average molecular weight is 269 g/mol. The van der Waals surface area contributed by atoms with Crippen molar-refractivity contribution in [1.29, 1.82) is 0 Å². The number of halogens is 3. The van der Waals surface area contributed by atoms with Gasteiger partial charge in [-0.25, -0.2) is 0 Å². The molecular formula is C10H14F3NO4. The summed E-state index contributed by atoms with van der Waals surface area (Å²) >= 11 is 0. The van der Waals surface area contributed by atoms with E-state index in [4.69, 9.17) is 19.0 Å². The molecule has 2 aliphatic heterocycles. The number of fused-ring (bicyclic) bond motifs is 1. The maximum Gasteiger partial charge on any atom is 0.435 e. The molecule has 0 aromatic heterocycles. The van der Waals surface area contributed by atoms with Gasteiger partial charge in [0.15, 0.2) is 17.6 Å². The van der Waals surface area contributed by atoms with Crippen molar-refractivity contribution in [1.82, 2.24) is 0 Å². The molecule has 1 saturated heterocycles. The lowest BCUT2D eigenvalue weighted by molar-refractivity contribution is -0.223. The topological polar surface area (TPSA) is 49.3 Å². The van der Waals surface area contributed by atoms with Crippen molar-refractivity contribution in [3.8, 4) is 0 Å². The van der Waals surface area contributed by atoms with Gasteiger partial charge in [-0.1, -0.05) is 5.16 Å². The van der Waals surface area contributed by atoms with Crippen molar-refractivity contribution in [2.24, 2.45) is 5.16 Å². The van der Waals surface area contributed by atoms with Crippen LogP contribution in [0.15, 0.2) is 5.16 Å².